The lowest BCUT2D eigenvalue weighted by molar-refractivity contribution is -0.134. The molecule has 10 nitrogen and oxygen atoms in total. The Kier molecular flexibility index (Phi) is 8.81. The number of likely N-dealkylation sites (tertiary alicyclic amines) is 1. The number of carbonyl (C=O) groups is 3. The van der Waals surface area contributed by atoms with E-state index in [4.69, 9.17) is 16.6 Å². The van der Waals surface area contributed by atoms with Crippen LogP contribution in [0.15, 0.2) is 47.5 Å². The average Bonchev–Trinajstić information content (AvgIpc) is 3.49. The number of nitrogens with one attached hydrogen (secondary N) is 1. The molecule has 0 radical (unpaired) electrons. The Morgan fingerprint density at radius 2 is 1.78 bits per heavy atom. The number of carboxylic acids is 1. The maximum atomic E-state index is 13.7. The van der Waals surface area contributed by atoms with Crippen molar-refractivity contribution in [3.63, 3.8) is 0 Å². The van der Waals surface area contributed by atoms with Gasteiger partial charge in [0.25, 0.3) is 0 Å². The van der Waals surface area contributed by atoms with Crippen LogP contribution < -0.4 is 5.32 Å². The van der Waals surface area contributed by atoms with Gasteiger partial charge < -0.3 is 15.3 Å². The number of aromatic nitrogens is 3. The van der Waals surface area contributed by atoms with Crippen LogP contribution in [0.3, 0.4) is 0 Å². The van der Waals surface area contributed by atoms with Gasteiger partial charge >= 0.3 is 5.97 Å². The van der Waals surface area contributed by atoms with Gasteiger partial charge in [-0.25, -0.2) is 4.79 Å². The zero-order chi connectivity index (χ0) is 32.0. The summed E-state index contributed by atoms with van der Waals surface area (Å²) >= 11 is 9.83. The fourth-order valence-electron chi connectivity index (χ4n) is 5.83. The highest BCUT2D eigenvalue weighted by atomic mass is 127. The standard InChI is InChI=1S/C32H30ClIN6O4S/c1-16-17(2)45-31-27(16)28(19-4-6-21(33)7-5-19)36-25(29-38-37-18(3)40(29)31)15-26(41)39-12-10-20(11-13-39)30(42)35-22-8-9-23(32(43)44)24(34)14-22/h4-9,14,20,25H,10-13,15H2,1-3H3,(H,35,42)(H,43,44)/t25-/m0/s1. The third-order valence-electron chi connectivity index (χ3n) is 8.41. The van der Waals surface area contributed by atoms with Crippen molar-refractivity contribution < 1.29 is 19.5 Å². The van der Waals surface area contributed by atoms with Gasteiger partial charge in [0.05, 0.1) is 17.7 Å². The first kappa shape index (κ1) is 31.4. The summed E-state index contributed by atoms with van der Waals surface area (Å²) in [5, 5.41) is 22.7. The minimum atomic E-state index is -1.01. The van der Waals surface area contributed by atoms with Gasteiger partial charge in [-0.2, -0.15) is 0 Å². The molecule has 0 unspecified atom stereocenters. The number of halogens is 2. The molecule has 4 heterocycles. The molecule has 2 amide bonds. The molecule has 4 aromatic rings. The van der Waals surface area contributed by atoms with Gasteiger partial charge in [0, 0.05) is 49.3 Å². The Labute approximate surface area is 282 Å². The number of hydrogen-bond acceptors (Lipinski definition) is 7. The van der Waals surface area contributed by atoms with Gasteiger partial charge in [0.15, 0.2) is 5.82 Å². The van der Waals surface area contributed by atoms with Crippen molar-refractivity contribution in [2.45, 2.75) is 46.1 Å². The molecule has 2 N–H and O–H groups in total. The van der Waals surface area contributed by atoms with Gasteiger partial charge in [-0.1, -0.05) is 23.7 Å². The molecular formula is C32H30ClIN6O4S. The molecule has 232 valence electrons. The van der Waals surface area contributed by atoms with Crippen LogP contribution in [0.2, 0.25) is 5.02 Å². The molecule has 2 aliphatic heterocycles. The lowest BCUT2D eigenvalue weighted by Gasteiger charge is -2.32. The van der Waals surface area contributed by atoms with Gasteiger partial charge in [-0.15, -0.1) is 21.5 Å². The number of hydrogen-bond donors (Lipinski definition) is 2. The highest BCUT2D eigenvalue weighted by Crippen LogP contribution is 2.40. The number of nitrogens with zero attached hydrogens (tertiary/aromatic N) is 5. The molecule has 2 aromatic carbocycles. The number of aromatic carboxylic acids is 1. The molecule has 1 saturated heterocycles. The summed E-state index contributed by atoms with van der Waals surface area (Å²) in [6, 6.07) is 11.8. The molecule has 0 saturated carbocycles. The van der Waals surface area contributed by atoms with Crippen LogP contribution in [0.25, 0.3) is 5.00 Å². The summed E-state index contributed by atoms with van der Waals surface area (Å²) < 4.78 is 2.58. The number of thiophene rings is 1. The maximum absolute atomic E-state index is 13.7. The van der Waals surface area contributed by atoms with E-state index in [1.54, 1.807) is 28.4 Å². The average molecular weight is 757 g/mol. The van der Waals surface area contributed by atoms with Crippen LogP contribution in [0, 0.1) is 30.3 Å². The molecule has 1 atom stereocenters. The van der Waals surface area contributed by atoms with E-state index in [1.807, 2.05) is 58.3 Å². The van der Waals surface area contributed by atoms with E-state index in [0.717, 1.165) is 33.2 Å². The maximum Gasteiger partial charge on any atom is 0.336 e. The topological polar surface area (TPSA) is 130 Å². The molecule has 2 aromatic heterocycles. The number of carboxylic acid groups (broad SMARTS) is 1. The number of anilines is 1. The third kappa shape index (κ3) is 6.15. The van der Waals surface area contributed by atoms with Gasteiger partial charge in [0.1, 0.15) is 16.9 Å². The van der Waals surface area contributed by atoms with Crippen LogP contribution in [0.5, 0.6) is 0 Å². The minimum absolute atomic E-state index is 0.0535. The molecule has 1 fully saturated rings. The fourth-order valence-corrected chi connectivity index (χ4v) is 7.91. The van der Waals surface area contributed by atoms with Crippen molar-refractivity contribution in [3.05, 3.63) is 89.8 Å². The fraction of sp³-hybridized carbons (Fsp3) is 0.312. The van der Waals surface area contributed by atoms with Crippen molar-refractivity contribution in [1.29, 1.82) is 0 Å². The molecule has 0 spiro atoms. The van der Waals surface area contributed by atoms with Crippen molar-refractivity contribution in [2.24, 2.45) is 10.9 Å². The number of aryl methyl sites for hydroxylation is 2. The summed E-state index contributed by atoms with van der Waals surface area (Å²) in [6.45, 7) is 6.99. The highest BCUT2D eigenvalue weighted by molar-refractivity contribution is 14.1. The first-order valence-corrected chi connectivity index (χ1v) is 16.8. The van der Waals surface area contributed by atoms with Gasteiger partial charge in [-0.3, -0.25) is 19.1 Å². The molecule has 13 heteroatoms. The summed E-state index contributed by atoms with van der Waals surface area (Å²) in [4.78, 5) is 46.2. The number of benzene rings is 2. The first-order valence-electron chi connectivity index (χ1n) is 14.5. The third-order valence-corrected chi connectivity index (χ3v) is 10.7. The Morgan fingerprint density at radius 3 is 2.44 bits per heavy atom. The van der Waals surface area contributed by atoms with E-state index in [1.165, 1.54) is 10.9 Å². The Hall–Kier alpha value is -3.62. The second kappa shape index (κ2) is 12.6. The summed E-state index contributed by atoms with van der Waals surface area (Å²) in [5.41, 5.74) is 4.59. The highest BCUT2D eigenvalue weighted by Gasteiger charge is 2.34. The van der Waals surface area contributed by atoms with E-state index in [0.29, 0.717) is 46.0 Å². The SMILES string of the molecule is Cc1sc2c(c1C)C(c1ccc(Cl)cc1)=N[C@@H](CC(=O)N1CCC(C(=O)Nc3ccc(C(=O)O)c(I)c3)CC1)c1nnc(C)n1-2. The normalized spacial score (nSPS) is 16.4. The molecule has 0 bridgehead atoms. The summed E-state index contributed by atoms with van der Waals surface area (Å²) in [7, 11) is 0. The second-order valence-electron chi connectivity index (χ2n) is 11.3. The van der Waals surface area contributed by atoms with E-state index < -0.39 is 12.0 Å². The summed E-state index contributed by atoms with van der Waals surface area (Å²) in [6.07, 6.45) is 1.17. The number of piperidine rings is 1. The molecule has 6 rings (SSSR count). The van der Waals surface area contributed by atoms with Crippen molar-refractivity contribution in [1.82, 2.24) is 19.7 Å². The first-order chi connectivity index (χ1) is 21.5. The van der Waals surface area contributed by atoms with E-state index in [2.05, 4.69) is 29.4 Å². The lowest BCUT2D eigenvalue weighted by Crippen LogP contribution is -2.41. The Bertz CT molecular complexity index is 1860. The molecular weight excluding hydrogens is 727 g/mol. The number of fused-ring (bicyclic) bond motifs is 3. The van der Waals surface area contributed by atoms with Crippen molar-refractivity contribution >= 4 is 74.7 Å². The summed E-state index contributed by atoms with van der Waals surface area (Å²) in [5.74, 6) is -0.0979. The Balaban J connectivity index is 1.20. The minimum Gasteiger partial charge on any atom is -0.478 e. The predicted molar refractivity (Wildman–Crippen MR) is 182 cm³/mol. The van der Waals surface area contributed by atoms with E-state index in [9.17, 15) is 19.5 Å². The number of rotatable bonds is 6. The van der Waals surface area contributed by atoms with Gasteiger partial charge in [0.2, 0.25) is 11.8 Å². The number of carbonyl (C=O) groups excluding carboxylic acids is 2. The van der Waals surface area contributed by atoms with Crippen LogP contribution in [0.1, 0.15) is 68.9 Å². The van der Waals surface area contributed by atoms with E-state index in [-0.39, 0.29) is 29.7 Å². The van der Waals surface area contributed by atoms with Crippen LogP contribution in [-0.2, 0) is 9.59 Å². The van der Waals surface area contributed by atoms with Crippen molar-refractivity contribution in [3.8, 4) is 5.00 Å². The number of amides is 2. The predicted octanol–water partition coefficient (Wildman–Crippen LogP) is 6.37. The molecule has 0 aliphatic carbocycles. The van der Waals surface area contributed by atoms with Crippen LogP contribution >= 0.6 is 45.5 Å². The zero-order valence-electron chi connectivity index (χ0n) is 24.8. The van der Waals surface area contributed by atoms with E-state index >= 15 is 0 Å². The number of aliphatic imine (C=N–C) groups is 1. The lowest BCUT2D eigenvalue weighted by atomic mass is 9.95. The second-order valence-corrected chi connectivity index (χ2v) is 14.1. The van der Waals surface area contributed by atoms with Crippen LogP contribution in [0.4, 0.5) is 5.69 Å². The largest absolute Gasteiger partial charge is 0.478 e. The quantitative estimate of drug-likeness (QED) is 0.220. The van der Waals surface area contributed by atoms with Gasteiger partial charge in [-0.05, 0) is 92.1 Å². The van der Waals surface area contributed by atoms with Crippen LogP contribution in [-0.4, -0.2) is 61.4 Å². The zero-order valence-corrected chi connectivity index (χ0v) is 28.5. The molecule has 45 heavy (non-hydrogen) atoms. The Morgan fingerprint density at radius 1 is 1.07 bits per heavy atom. The smallest absolute Gasteiger partial charge is 0.336 e. The monoisotopic (exact) mass is 756 g/mol. The van der Waals surface area contributed by atoms with Crippen molar-refractivity contribution in [2.75, 3.05) is 18.4 Å². The molecule has 2 aliphatic rings.